The van der Waals surface area contributed by atoms with Gasteiger partial charge < -0.3 is 15.0 Å². The molecule has 5 heteroatoms. The van der Waals surface area contributed by atoms with Crippen molar-refractivity contribution in [3.8, 4) is 11.8 Å². The SMILES string of the molecule is COc1ccc(NC(=O)C[NH+](C)Cc2cccc(C#N)c2)cc1. The van der Waals surface area contributed by atoms with Gasteiger partial charge in [0.15, 0.2) is 6.54 Å². The number of hydrogen-bond acceptors (Lipinski definition) is 3. The molecule has 23 heavy (non-hydrogen) atoms. The summed E-state index contributed by atoms with van der Waals surface area (Å²) in [5.41, 5.74) is 2.42. The van der Waals surface area contributed by atoms with Crippen LogP contribution in [0.3, 0.4) is 0 Å². The number of ether oxygens (including phenoxy) is 1. The Hall–Kier alpha value is -2.84. The summed E-state index contributed by atoms with van der Waals surface area (Å²) in [6.45, 7) is 1.04. The molecule has 0 saturated carbocycles. The van der Waals surface area contributed by atoms with Crippen LogP contribution in [-0.4, -0.2) is 26.6 Å². The second kappa shape index (κ2) is 7.97. The lowest BCUT2D eigenvalue weighted by molar-refractivity contribution is -0.885. The summed E-state index contributed by atoms with van der Waals surface area (Å²) in [6, 6.07) is 16.8. The number of nitriles is 1. The van der Waals surface area contributed by atoms with Crippen molar-refractivity contribution < 1.29 is 14.4 Å². The fraction of sp³-hybridized carbons (Fsp3) is 0.222. The van der Waals surface area contributed by atoms with Crippen molar-refractivity contribution in [3.63, 3.8) is 0 Å². The number of anilines is 1. The van der Waals surface area contributed by atoms with Crippen LogP contribution in [-0.2, 0) is 11.3 Å². The molecule has 2 rings (SSSR count). The summed E-state index contributed by atoms with van der Waals surface area (Å²) < 4.78 is 5.08. The number of benzene rings is 2. The van der Waals surface area contributed by atoms with E-state index in [1.54, 1.807) is 25.3 Å². The zero-order valence-corrected chi connectivity index (χ0v) is 13.3. The van der Waals surface area contributed by atoms with Crippen LogP contribution in [0.2, 0.25) is 0 Å². The standard InChI is InChI=1S/C18H19N3O2/c1-21(12-15-5-3-4-14(10-15)11-19)13-18(22)20-16-6-8-17(23-2)9-7-16/h3-10H,12-13H2,1-2H3,(H,20,22)/p+1. The van der Waals surface area contributed by atoms with Gasteiger partial charge in [-0.1, -0.05) is 12.1 Å². The molecular formula is C18H20N3O2+. The first kappa shape index (κ1) is 16.5. The van der Waals surface area contributed by atoms with Gasteiger partial charge in [0.1, 0.15) is 12.3 Å². The summed E-state index contributed by atoms with van der Waals surface area (Å²) in [7, 11) is 3.56. The largest absolute Gasteiger partial charge is 0.497 e. The van der Waals surface area contributed by atoms with Crippen LogP contribution in [0.4, 0.5) is 5.69 Å². The third-order valence-electron chi connectivity index (χ3n) is 3.40. The average Bonchev–Trinajstić information content (AvgIpc) is 2.55. The number of methoxy groups -OCH3 is 1. The van der Waals surface area contributed by atoms with Crippen LogP contribution in [0.15, 0.2) is 48.5 Å². The Kier molecular flexibility index (Phi) is 5.73. The Morgan fingerprint density at radius 2 is 2.00 bits per heavy atom. The van der Waals surface area contributed by atoms with Gasteiger partial charge in [0.2, 0.25) is 0 Å². The molecule has 0 aliphatic rings. The molecule has 0 spiro atoms. The van der Waals surface area contributed by atoms with E-state index < -0.39 is 0 Å². The second-order valence-electron chi connectivity index (χ2n) is 5.40. The van der Waals surface area contributed by atoms with Crippen LogP contribution in [0, 0.1) is 11.3 Å². The third kappa shape index (κ3) is 5.13. The molecule has 0 bridgehead atoms. The van der Waals surface area contributed by atoms with Crippen molar-refractivity contribution >= 4 is 11.6 Å². The van der Waals surface area contributed by atoms with Crippen molar-refractivity contribution in [1.29, 1.82) is 5.26 Å². The molecule has 5 nitrogen and oxygen atoms in total. The highest BCUT2D eigenvalue weighted by atomic mass is 16.5. The number of likely N-dealkylation sites (N-methyl/N-ethyl adjacent to an activating group) is 1. The minimum absolute atomic E-state index is 0.0518. The molecule has 0 saturated heterocycles. The Morgan fingerprint density at radius 1 is 1.26 bits per heavy atom. The molecule has 0 aliphatic heterocycles. The molecule has 0 heterocycles. The van der Waals surface area contributed by atoms with Crippen molar-refractivity contribution in [1.82, 2.24) is 0 Å². The van der Waals surface area contributed by atoms with Gasteiger partial charge >= 0.3 is 0 Å². The van der Waals surface area contributed by atoms with Gasteiger partial charge in [0.05, 0.1) is 25.8 Å². The van der Waals surface area contributed by atoms with Crippen molar-refractivity contribution in [2.75, 3.05) is 26.0 Å². The van der Waals surface area contributed by atoms with Gasteiger partial charge in [-0.15, -0.1) is 0 Å². The highest BCUT2D eigenvalue weighted by Crippen LogP contribution is 2.14. The monoisotopic (exact) mass is 310 g/mol. The summed E-state index contributed by atoms with van der Waals surface area (Å²) >= 11 is 0. The summed E-state index contributed by atoms with van der Waals surface area (Å²) in [4.78, 5) is 13.1. The third-order valence-corrected chi connectivity index (χ3v) is 3.40. The molecule has 1 amide bonds. The molecule has 1 unspecified atom stereocenters. The molecule has 0 aliphatic carbocycles. The van der Waals surface area contributed by atoms with E-state index in [0.717, 1.165) is 21.9 Å². The Bertz CT molecular complexity index is 705. The number of rotatable bonds is 6. The normalized spacial score (nSPS) is 11.3. The fourth-order valence-electron chi connectivity index (χ4n) is 2.32. The number of carbonyl (C=O) groups is 1. The molecule has 0 fully saturated rings. The Morgan fingerprint density at radius 3 is 2.65 bits per heavy atom. The van der Waals surface area contributed by atoms with E-state index >= 15 is 0 Å². The highest BCUT2D eigenvalue weighted by molar-refractivity contribution is 5.91. The number of quaternary nitrogens is 1. The maximum Gasteiger partial charge on any atom is 0.279 e. The zero-order valence-electron chi connectivity index (χ0n) is 13.3. The first-order chi connectivity index (χ1) is 11.1. The van der Waals surface area contributed by atoms with Crippen LogP contribution < -0.4 is 15.0 Å². The highest BCUT2D eigenvalue weighted by Gasteiger charge is 2.11. The van der Waals surface area contributed by atoms with Gasteiger partial charge in [0, 0.05) is 11.3 Å². The van der Waals surface area contributed by atoms with E-state index in [2.05, 4.69) is 11.4 Å². The van der Waals surface area contributed by atoms with E-state index in [-0.39, 0.29) is 5.91 Å². The Labute approximate surface area is 136 Å². The van der Waals surface area contributed by atoms with Gasteiger partial charge in [0.25, 0.3) is 5.91 Å². The Balaban J connectivity index is 1.87. The molecule has 2 aromatic carbocycles. The van der Waals surface area contributed by atoms with Crippen molar-refractivity contribution in [2.24, 2.45) is 0 Å². The average molecular weight is 310 g/mol. The topological polar surface area (TPSA) is 66.6 Å². The molecular weight excluding hydrogens is 290 g/mol. The first-order valence-corrected chi connectivity index (χ1v) is 7.35. The van der Waals surface area contributed by atoms with E-state index in [1.807, 2.05) is 37.4 Å². The number of carbonyl (C=O) groups excluding carboxylic acids is 1. The number of nitrogens with one attached hydrogen (secondary N) is 2. The van der Waals surface area contributed by atoms with Crippen molar-refractivity contribution in [3.05, 3.63) is 59.7 Å². The van der Waals surface area contributed by atoms with Gasteiger partial charge in [-0.3, -0.25) is 4.79 Å². The molecule has 0 aromatic heterocycles. The molecule has 2 aromatic rings. The number of hydrogen-bond donors (Lipinski definition) is 2. The van der Waals surface area contributed by atoms with E-state index in [9.17, 15) is 4.79 Å². The van der Waals surface area contributed by atoms with E-state index in [4.69, 9.17) is 10.00 Å². The lowest BCUT2D eigenvalue weighted by atomic mass is 10.1. The second-order valence-corrected chi connectivity index (χ2v) is 5.40. The predicted molar refractivity (Wildman–Crippen MR) is 88.2 cm³/mol. The minimum atomic E-state index is -0.0518. The minimum Gasteiger partial charge on any atom is -0.497 e. The maximum atomic E-state index is 12.1. The molecule has 2 N–H and O–H groups in total. The van der Waals surface area contributed by atoms with Crippen LogP contribution in [0.25, 0.3) is 0 Å². The smallest absolute Gasteiger partial charge is 0.279 e. The van der Waals surface area contributed by atoms with Crippen molar-refractivity contribution in [2.45, 2.75) is 6.54 Å². The molecule has 1 atom stereocenters. The quantitative estimate of drug-likeness (QED) is 0.843. The number of nitrogens with zero attached hydrogens (tertiary/aromatic N) is 1. The lowest BCUT2D eigenvalue weighted by Crippen LogP contribution is -3.08. The predicted octanol–water partition coefficient (Wildman–Crippen LogP) is 1.22. The van der Waals surface area contributed by atoms with Gasteiger partial charge in [-0.05, 0) is 36.4 Å². The zero-order chi connectivity index (χ0) is 16.7. The van der Waals surface area contributed by atoms with Gasteiger partial charge in [-0.2, -0.15) is 5.26 Å². The van der Waals surface area contributed by atoms with E-state index in [1.165, 1.54) is 0 Å². The van der Waals surface area contributed by atoms with Crippen LogP contribution in [0.1, 0.15) is 11.1 Å². The van der Waals surface area contributed by atoms with Gasteiger partial charge in [-0.25, -0.2) is 0 Å². The first-order valence-electron chi connectivity index (χ1n) is 7.35. The summed E-state index contributed by atoms with van der Waals surface area (Å²) in [5.74, 6) is 0.701. The summed E-state index contributed by atoms with van der Waals surface area (Å²) in [5, 5.41) is 11.8. The van der Waals surface area contributed by atoms with Crippen LogP contribution in [0.5, 0.6) is 5.75 Å². The van der Waals surface area contributed by atoms with Crippen LogP contribution >= 0.6 is 0 Å². The summed E-state index contributed by atoms with van der Waals surface area (Å²) in [6.07, 6.45) is 0. The molecule has 118 valence electrons. The van der Waals surface area contributed by atoms with E-state index in [0.29, 0.717) is 18.7 Å². The fourth-order valence-corrected chi connectivity index (χ4v) is 2.32. The maximum absolute atomic E-state index is 12.1. The number of amides is 1. The lowest BCUT2D eigenvalue weighted by Gasteiger charge is -2.14. The molecule has 0 radical (unpaired) electrons.